The van der Waals surface area contributed by atoms with Gasteiger partial charge in [0.2, 0.25) is 5.95 Å². The number of hydrogen-bond acceptors (Lipinski definition) is 4. The third kappa shape index (κ3) is 1.80. The molecule has 13 heavy (non-hydrogen) atoms. The molecule has 1 saturated heterocycles. The van der Waals surface area contributed by atoms with E-state index in [2.05, 4.69) is 20.1 Å². The van der Waals surface area contributed by atoms with E-state index in [0.29, 0.717) is 5.92 Å². The molecule has 0 aliphatic carbocycles. The Bertz CT molecular complexity index is 245. The van der Waals surface area contributed by atoms with Crippen LogP contribution in [0.25, 0.3) is 0 Å². The molecule has 1 aliphatic rings. The molecular weight excluding hydrogens is 166 g/mol. The average Bonchev–Trinajstić information content (AvgIpc) is 2.71. The molecule has 0 aromatic carbocycles. The van der Waals surface area contributed by atoms with E-state index >= 15 is 0 Å². The zero-order valence-corrected chi connectivity index (χ0v) is 7.61. The van der Waals surface area contributed by atoms with Crippen LogP contribution in [0.1, 0.15) is 12.8 Å². The molecule has 72 valence electrons. The highest BCUT2D eigenvalue weighted by atomic mass is 15.3. The van der Waals surface area contributed by atoms with E-state index in [9.17, 15) is 0 Å². The van der Waals surface area contributed by atoms with Crippen molar-refractivity contribution in [1.29, 1.82) is 0 Å². The Morgan fingerprint density at radius 3 is 3.31 bits per heavy atom. The second kappa shape index (κ2) is 3.74. The van der Waals surface area contributed by atoms with Crippen LogP contribution in [0.5, 0.6) is 0 Å². The number of rotatable bonds is 2. The third-order valence-corrected chi connectivity index (χ3v) is 2.55. The molecule has 1 aromatic heterocycles. The van der Waals surface area contributed by atoms with Crippen LogP contribution in [-0.2, 0) is 0 Å². The monoisotopic (exact) mass is 181 g/mol. The number of piperidine rings is 1. The zero-order valence-electron chi connectivity index (χ0n) is 7.61. The molecule has 0 bridgehead atoms. The van der Waals surface area contributed by atoms with Gasteiger partial charge in [0.25, 0.3) is 0 Å². The van der Waals surface area contributed by atoms with Crippen LogP contribution in [0.3, 0.4) is 0 Å². The minimum atomic E-state index is 0.610. The second-order valence-corrected chi connectivity index (χ2v) is 3.50. The lowest BCUT2D eigenvalue weighted by Crippen LogP contribution is -2.38. The van der Waals surface area contributed by atoms with E-state index in [1.54, 1.807) is 6.33 Å². The highest BCUT2D eigenvalue weighted by molar-refractivity contribution is 5.27. The summed E-state index contributed by atoms with van der Waals surface area (Å²) >= 11 is 0. The summed E-state index contributed by atoms with van der Waals surface area (Å²) in [6.45, 7) is 2.84. The van der Waals surface area contributed by atoms with Gasteiger partial charge in [0.1, 0.15) is 6.33 Å². The van der Waals surface area contributed by atoms with Gasteiger partial charge in [0.15, 0.2) is 0 Å². The summed E-state index contributed by atoms with van der Waals surface area (Å²) in [5.74, 6) is 1.48. The van der Waals surface area contributed by atoms with Crippen molar-refractivity contribution in [3.63, 3.8) is 0 Å². The first-order valence-corrected chi connectivity index (χ1v) is 4.70. The SMILES string of the molecule is NCC1CCCN(c2ncn[nH]2)C1. The Balaban J connectivity index is 2.00. The summed E-state index contributed by atoms with van der Waals surface area (Å²) < 4.78 is 0. The van der Waals surface area contributed by atoms with Crippen LogP contribution in [0.15, 0.2) is 6.33 Å². The Morgan fingerprint density at radius 2 is 2.62 bits per heavy atom. The molecule has 3 N–H and O–H groups in total. The van der Waals surface area contributed by atoms with Crippen LogP contribution >= 0.6 is 0 Å². The number of nitrogens with two attached hydrogens (primary N) is 1. The summed E-state index contributed by atoms with van der Waals surface area (Å²) in [5.41, 5.74) is 5.65. The molecule has 0 amide bonds. The van der Waals surface area contributed by atoms with E-state index in [1.165, 1.54) is 12.8 Å². The third-order valence-electron chi connectivity index (χ3n) is 2.55. The van der Waals surface area contributed by atoms with Crippen LogP contribution < -0.4 is 10.6 Å². The van der Waals surface area contributed by atoms with Crippen molar-refractivity contribution < 1.29 is 0 Å². The largest absolute Gasteiger partial charge is 0.341 e. The van der Waals surface area contributed by atoms with Crippen molar-refractivity contribution in [1.82, 2.24) is 15.2 Å². The summed E-state index contributed by atoms with van der Waals surface area (Å²) in [7, 11) is 0. The van der Waals surface area contributed by atoms with E-state index in [4.69, 9.17) is 5.73 Å². The lowest BCUT2D eigenvalue weighted by Gasteiger charge is -2.31. The number of H-pyrrole nitrogens is 1. The van der Waals surface area contributed by atoms with Gasteiger partial charge in [0, 0.05) is 13.1 Å². The van der Waals surface area contributed by atoms with E-state index in [-0.39, 0.29) is 0 Å². The lowest BCUT2D eigenvalue weighted by molar-refractivity contribution is 0.420. The van der Waals surface area contributed by atoms with Crippen LogP contribution in [0.4, 0.5) is 5.95 Å². The molecule has 1 atom stereocenters. The molecule has 5 nitrogen and oxygen atoms in total. The summed E-state index contributed by atoms with van der Waals surface area (Å²) in [6, 6.07) is 0. The topological polar surface area (TPSA) is 70.8 Å². The van der Waals surface area contributed by atoms with Gasteiger partial charge in [-0.3, -0.25) is 0 Å². The zero-order chi connectivity index (χ0) is 9.10. The fourth-order valence-corrected chi connectivity index (χ4v) is 1.80. The van der Waals surface area contributed by atoms with Gasteiger partial charge < -0.3 is 10.6 Å². The molecular formula is C8H15N5. The molecule has 1 aromatic rings. The van der Waals surface area contributed by atoms with E-state index in [0.717, 1.165) is 25.6 Å². The van der Waals surface area contributed by atoms with Gasteiger partial charge >= 0.3 is 0 Å². The number of anilines is 1. The predicted molar refractivity (Wildman–Crippen MR) is 50.4 cm³/mol. The van der Waals surface area contributed by atoms with Gasteiger partial charge in [-0.15, -0.1) is 0 Å². The summed E-state index contributed by atoms with van der Waals surface area (Å²) in [5, 5.41) is 6.71. The first-order valence-electron chi connectivity index (χ1n) is 4.70. The van der Waals surface area contributed by atoms with Gasteiger partial charge in [-0.2, -0.15) is 10.1 Å². The standard InChI is InChI=1S/C8H15N5/c9-4-7-2-1-3-13(5-7)8-10-6-11-12-8/h6-7H,1-5,9H2,(H,10,11,12). The summed E-state index contributed by atoms with van der Waals surface area (Å²) in [6.07, 6.45) is 3.98. The highest BCUT2D eigenvalue weighted by Crippen LogP contribution is 2.18. The van der Waals surface area contributed by atoms with Crippen molar-refractivity contribution in [2.75, 3.05) is 24.5 Å². The molecule has 1 aliphatic heterocycles. The fraction of sp³-hybridized carbons (Fsp3) is 0.750. The minimum absolute atomic E-state index is 0.610. The van der Waals surface area contributed by atoms with Crippen LogP contribution in [0.2, 0.25) is 0 Å². The van der Waals surface area contributed by atoms with E-state index < -0.39 is 0 Å². The molecule has 0 spiro atoms. The number of nitrogens with one attached hydrogen (secondary N) is 1. The minimum Gasteiger partial charge on any atom is -0.341 e. The maximum absolute atomic E-state index is 5.65. The molecule has 2 heterocycles. The van der Waals surface area contributed by atoms with Gasteiger partial charge in [-0.1, -0.05) is 0 Å². The Hall–Kier alpha value is -1.10. The van der Waals surface area contributed by atoms with Gasteiger partial charge in [-0.25, -0.2) is 5.10 Å². The quantitative estimate of drug-likeness (QED) is 0.672. The average molecular weight is 181 g/mol. The second-order valence-electron chi connectivity index (χ2n) is 3.50. The molecule has 1 fully saturated rings. The maximum Gasteiger partial charge on any atom is 0.221 e. The molecule has 5 heteroatoms. The van der Waals surface area contributed by atoms with Gasteiger partial charge in [0.05, 0.1) is 0 Å². The number of aromatic nitrogens is 3. The lowest BCUT2D eigenvalue weighted by atomic mass is 9.99. The van der Waals surface area contributed by atoms with E-state index in [1.807, 2.05) is 0 Å². The molecule has 0 saturated carbocycles. The first kappa shape index (κ1) is 8.50. The van der Waals surface area contributed by atoms with Crippen molar-refractivity contribution >= 4 is 5.95 Å². The highest BCUT2D eigenvalue weighted by Gasteiger charge is 2.20. The molecule has 2 rings (SSSR count). The van der Waals surface area contributed by atoms with Gasteiger partial charge in [-0.05, 0) is 25.3 Å². The molecule has 1 unspecified atom stereocenters. The van der Waals surface area contributed by atoms with Crippen LogP contribution in [-0.4, -0.2) is 34.8 Å². The Labute approximate surface area is 77.3 Å². The van der Waals surface area contributed by atoms with Crippen molar-refractivity contribution in [3.8, 4) is 0 Å². The number of hydrogen-bond donors (Lipinski definition) is 2. The van der Waals surface area contributed by atoms with Crippen molar-refractivity contribution in [2.24, 2.45) is 11.7 Å². The van der Waals surface area contributed by atoms with Crippen molar-refractivity contribution in [2.45, 2.75) is 12.8 Å². The number of aromatic amines is 1. The normalized spacial score (nSPS) is 23.5. The molecule has 0 radical (unpaired) electrons. The first-order chi connectivity index (χ1) is 6.40. The predicted octanol–water partition coefficient (Wildman–Crippen LogP) is -0.0202. The Kier molecular flexibility index (Phi) is 2.44. The Morgan fingerprint density at radius 1 is 1.69 bits per heavy atom. The van der Waals surface area contributed by atoms with Crippen LogP contribution in [0, 0.1) is 5.92 Å². The number of nitrogens with zero attached hydrogens (tertiary/aromatic N) is 3. The maximum atomic E-state index is 5.65. The fourth-order valence-electron chi connectivity index (χ4n) is 1.80. The van der Waals surface area contributed by atoms with Crippen molar-refractivity contribution in [3.05, 3.63) is 6.33 Å². The summed E-state index contributed by atoms with van der Waals surface area (Å²) in [4.78, 5) is 6.34. The smallest absolute Gasteiger partial charge is 0.221 e.